The van der Waals surface area contributed by atoms with E-state index in [9.17, 15) is 5.11 Å². The molecule has 1 aromatic carbocycles. The molecule has 0 aliphatic carbocycles. The third kappa shape index (κ3) is 3.12. The summed E-state index contributed by atoms with van der Waals surface area (Å²) >= 11 is 0. The number of rotatable bonds is 6. The highest BCUT2D eigenvalue weighted by Gasteiger charge is 2.43. The first-order valence-corrected chi connectivity index (χ1v) is 6.79. The van der Waals surface area contributed by atoms with Gasteiger partial charge in [-0.2, -0.15) is 0 Å². The van der Waals surface area contributed by atoms with E-state index in [1.807, 2.05) is 18.2 Å². The van der Waals surface area contributed by atoms with Gasteiger partial charge in [-0.25, -0.2) is 0 Å². The molecule has 0 saturated heterocycles. The Hall–Kier alpha value is -0.860. The van der Waals surface area contributed by atoms with E-state index < -0.39 is 0 Å². The van der Waals surface area contributed by atoms with E-state index in [0.29, 0.717) is 12.3 Å². The minimum Gasteiger partial charge on any atom is -0.396 e. The van der Waals surface area contributed by atoms with Gasteiger partial charge in [0, 0.05) is 17.6 Å². The lowest BCUT2D eigenvalue weighted by atomic mass is 9.61. The van der Waals surface area contributed by atoms with Crippen LogP contribution < -0.4 is 5.73 Å². The number of hydrogen-bond donors (Lipinski definition) is 2. The molecule has 2 heteroatoms. The van der Waals surface area contributed by atoms with Crippen molar-refractivity contribution in [3.63, 3.8) is 0 Å². The van der Waals surface area contributed by atoms with Gasteiger partial charge in [0.15, 0.2) is 0 Å². The molecule has 0 amide bonds. The van der Waals surface area contributed by atoms with E-state index in [4.69, 9.17) is 5.73 Å². The van der Waals surface area contributed by atoms with Crippen LogP contribution in [-0.4, -0.2) is 17.3 Å². The Kier molecular flexibility index (Phi) is 4.94. The molecule has 0 aromatic heterocycles. The van der Waals surface area contributed by atoms with Gasteiger partial charge in [0.05, 0.1) is 0 Å². The molecule has 3 N–H and O–H groups in total. The van der Waals surface area contributed by atoms with Gasteiger partial charge >= 0.3 is 0 Å². The van der Waals surface area contributed by atoms with Gasteiger partial charge < -0.3 is 10.8 Å². The predicted molar refractivity (Wildman–Crippen MR) is 77.5 cm³/mol. The van der Waals surface area contributed by atoms with Crippen molar-refractivity contribution in [2.24, 2.45) is 11.7 Å². The molecule has 0 aliphatic heterocycles. The Morgan fingerprint density at radius 1 is 1.17 bits per heavy atom. The Bertz CT molecular complexity index is 353. The Morgan fingerprint density at radius 2 is 1.72 bits per heavy atom. The van der Waals surface area contributed by atoms with Crippen molar-refractivity contribution in [2.45, 2.75) is 51.5 Å². The topological polar surface area (TPSA) is 46.2 Å². The molecule has 1 rings (SSSR count). The maximum atomic E-state index is 9.48. The van der Waals surface area contributed by atoms with E-state index in [1.165, 1.54) is 5.56 Å². The van der Waals surface area contributed by atoms with Crippen LogP contribution in [0.2, 0.25) is 0 Å². The van der Waals surface area contributed by atoms with E-state index in [1.54, 1.807) is 0 Å². The first kappa shape index (κ1) is 15.2. The van der Waals surface area contributed by atoms with Crippen molar-refractivity contribution in [1.82, 2.24) is 0 Å². The zero-order chi connectivity index (χ0) is 13.8. The zero-order valence-corrected chi connectivity index (χ0v) is 12.1. The Morgan fingerprint density at radius 3 is 2.11 bits per heavy atom. The van der Waals surface area contributed by atoms with Gasteiger partial charge in [-0.1, -0.05) is 44.2 Å². The highest BCUT2D eigenvalue weighted by molar-refractivity contribution is 5.30. The van der Waals surface area contributed by atoms with Gasteiger partial charge in [0.25, 0.3) is 0 Å². The summed E-state index contributed by atoms with van der Waals surface area (Å²) < 4.78 is 0. The van der Waals surface area contributed by atoms with Crippen LogP contribution in [0.3, 0.4) is 0 Å². The highest BCUT2D eigenvalue weighted by atomic mass is 16.3. The smallest absolute Gasteiger partial charge is 0.0440 e. The van der Waals surface area contributed by atoms with Crippen LogP contribution in [0.15, 0.2) is 30.3 Å². The largest absolute Gasteiger partial charge is 0.396 e. The van der Waals surface area contributed by atoms with Crippen LogP contribution in [0.5, 0.6) is 0 Å². The number of benzene rings is 1. The summed E-state index contributed by atoms with van der Waals surface area (Å²) in [4.78, 5) is 0. The minimum atomic E-state index is -0.360. The van der Waals surface area contributed by atoms with Crippen LogP contribution >= 0.6 is 0 Å². The van der Waals surface area contributed by atoms with Crippen molar-refractivity contribution in [2.75, 3.05) is 6.61 Å². The van der Waals surface area contributed by atoms with Crippen molar-refractivity contribution in [1.29, 1.82) is 0 Å². The fourth-order valence-electron chi connectivity index (χ4n) is 2.97. The maximum absolute atomic E-state index is 9.48. The second-order valence-electron chi connectivity index (χ2n) is 6.24. The lowest BCUT2D eigenvalue weighted by Crippen LogP contribution is -2.55. The molecule has 0 heterocycles. The first-order valence-electron chi connectivity index (χ1n) is 6.79. The zero-order valence-electron chi connectivity index (χ0n) is 12.1. The average Bonchev–Trinajstić information content (AvgIpc) is 2.27. The number of nitrogens with two attached hydrogens (primary N) is 1. The van der Waals surface area contributed by atoms with Gasteiger partial charge in [0.1, 0.15) is 0 Å². The molecule has 1 unspecified atom stereocenters. The molecule has 18 heavy (non-hydrogen) atoms. The molecule has 0 bridgehead atoms. The first-order chi connectivity index (χ1) is 8.33. The van der Waals surface area contributed by atoms with Crippen molar-refractivity contribution in [3.8, 4) is 0 Å². The Balaban J connectivity index is 3.29. The summed E-state index contributed by atoms with van der Waals surface area (Å²) in [6.45, 7) is 8.72. The summed E-state index contributed by atoms with van der Waals surface area (Å²) in [5, 5.41) is 9.48. The summed E-state index contributed by atoms with van der Waals surface area (Å²) in [6, 6.07) is 10.4. The van der Waals surface area contributed by atoms with Crippen LogP contribution in [0, 0.1) is 5.92 Å². The van der Waals surface area contributed by atoms with E-state index in [2.05, 4.69) is 39.8 Å². The lowest BCUT2D eigenvalue weighted by molar-refractivity contribution is 0.151. The molecule has 0 spiro atoms. The highest BCUT2D eigenvalue weighted by Crippen LogP contribution is 2.42. The molecule has 1 atom stereocenters. The molecule has 2 nitrogen and oxygen atoms in total. The maximum Gasteiger partial charge on any atom is 0.0440 e. The Labute approximate surface area is 111 Å². The second-order valence-corrected chi connectivity index (χ2v) is 6.24. The van der Waals surface area contributed by atoms with Crippen molar-refractivity contribution < 1.29 is 5.11 Å². The molecule has 1 aromatic rings. The second kappa shape index (κ2) is 5.85. The molecule has 102 valence electrons. The van der Waals surface area contributed by atoms with Gasteiger partial charge in [-0.15, -0.1) is 0 Å². The monoisotopic (exact) mass is 249 g/mol. The fourth-order valence-corrected chi connectivity index (χ4v) is 2.97. The van der Waals surface area contributed by atoms with Crippen molar-refractivity contribution >= 4 is 0 Å². The van der Waals surface area contributed by atoms with Gasteiger partial charge in [-0.05, 0) is 38.2 Å². The molecule has 0 aliphatic rings. The number of hydrogen-bond acceptors (Lipinski definition) is 2. The SMILES string of the molecule is CC(C)CC(CCO)(c1ccccc1)C(C)(C)N. The van der Waals surface area contributed by atoms with Crippen LogP contribution in [0.1, 0.15) is 46.1 Å². The third-order valence-corrected chi connectivity index (χ3v) is 3.86. The van der Waals surface area contributed by atoms with Crippen LogP contribution in [-0.2, 0) is 5.41 Å². The van der Waals surface area contributed by atoms with Gasteiger partial charge in [-0.3, -0.25) is 0 Å². The predicted octanol–water partition coefficient (Wildman–Crippen LogP) is 3.09. The van der Waals surface area contributed by atoms with Crippen molar-refractivity contribution in [3.05, 3.63) is 35.9 Å². The number of aliphatic hydroxyl groups is 1. The fraction of sp³-hybridized carbons (Fsp3) is 0.625. The summed E-state index contributed by atoms with van der Waals surface area (Å²) in [7, 11) is 0. The summed E-state index contributed by atoms with van der Waals surface area (Å²) in [5.41, 5.74) is 7.18. The molecule has 0 fully saturated rings. The third-order valence-electron chi connectivity index (χ3n) is 3.86. The number of aliphatic hydroxyl groups excluding tert-OH is 1. The summed E-state index contributed by atoms with van der Waals surface area (Å²) in [5.74, 6) is 0.541. The average molecular weight is 249 g/mol. The molecular weight excluding hydrogens is 222 g/mol. The van der Waals surface area contributed by atoms with Crippen LogP contribution in [0.25, 0.3) is 0 Å². The normalized spacial score (nSPS) is 15.7. The molecule has 0 radical (unpaired) electrons. The standard InChI is InChI=1S/C16H27NO/c1-13(2)12-16(10-11-18,15(3,4)17)14-8-6-5-7-9-14/h5-9,13,18H,10-12,17H2,1-4H3. The van der Waals surface area contributed by atoms with Crippen LogP contribution in [0.4, 0.5) is 0 Å². The quantitative estimate of drug-likeness (QED) is 0.814. The molecule has 0 saturated carbocycles. The summed E-state index contributed by atoms with van der Waals surface area (Å²) in [6.07, 6.45) is 1.69. The molecular formula is C16H27NO. The van der Waals surface area contributed by atoms with E-state index in [-0.39, 0.29) is 17.6 Å². The minimum absolute atomic E-state index is 0.169. The van der Waals surface area contributed by atoms with E-state index in [0.717, 1.165) is 6.42 Å². The van der Waals surface area contributed by atoms with Gasteiger partial charge in [0.2, 0.25) is 0 Å². The lowest BCUT2D eigenvalue weighted by Gasteiger charge is -2.46. The van der Waals surface area contributed by atoms with E-state index >= 15 is 0 Å².